The van der Waals surface area contributed by atoms with Crippen molar-refractivity contribution in [3.63, 3.8) is 0 Å². The van der Waals surface area contributed by atoms with E-state index >= 15 is 0 Å². The van der Waals surface area contributed by atoms with E-state index in [2.05, 4.69) is 6.92 Å². The standard InChI is InChI=1S/C15H26N2O/c1-3-4-5-6-7-8-9-18-15-12(2)10-13(16)11-14(15)17/h10-11H,3-9,16-17H2,1-2H3. The average molecular weight is 250 g/mol. The van der Waals surface area contributed by atoms with Gasteiger partial charge in [-0.3, -0.25) is 0 Å². The first-order chi connectivity index (χ1) is 8.65. The maximum absolute atomic E-state index is 5.90. The topological polar surface area (TPSA) is 61.3 Å². The van der Waals surface area contributed by atoms with Crippen molar-refractivity contribution in [2.75, 3.05) is 18.1 Å². The van der Waals surface area contributed by atoms with Gasteiger partial charge in [-0.1, -0.05) is 39.0 Å². The first-order valence-corrected chi connectivity index (χ1v) is 6.93. The maximum Gasteiger partial charge on any atom is 0.145 e. The summed E-state index contributed by atoms with van der Waals surface area (Å²) in [6, 6.07) is 3.65. The number of aryl methyl sites for hydroxylation is 1. The van der Waals surface area contributed by atoms with Gasteiger partial charge < -0.3 is 16.2 Å². The molecule has 0 radical (unpaired) electrons. The van der Waals surface area contributed by atoms with Crippen LogP contribution in [0.2, 0.25) is 0 Å². The van der Waals surface area contributed by atoms with Crippen molar-refractivity contribution in [1.29, 1.82) is 0 Å². The summed E-state index contributed by atoms with van der Waals surface area (Å²) >= 11 is 0. The van der Waals surface area contributed by atoms with Crippen molar-refractivity contribution >= 4 is 11.4 Å². The van der Waals surface area contributed by atoms with Crippen molar-refractivity contribution in [2.24, 2.45) is 0 Å². The summed E-state index contributed by atoms with van der Waals surface area (Å²) < 4.78 is 5.75. The first-order valence-electron chi connectivity index (χ1n) is 6.93. The minimum absolute atomic E-state index is 0.637. The van der Waals surface area contributed by atoms with Crippen LogP contribution in [0.25, 0.3) is 0 Å². The van der Waals surface area contributed by atoms with Gasteiger partial charge in [-0.05, 0) is 31.0 Å². The second-order valence-corrected chi connectivity index (χ2v) is 4.87. The molecule has 0 saturated carbocycles. The van der Waals surface area contributed by atoms with E-state index in [9.17, 15) is 0 Å². The van der Waals surface area contributed by atoms with Gasteiger partial charge in [0.05, 0.1) is 12.3 Å². The van der Waals surface area contributed by atoms with Crippen molar-refractivity contribution in [2.45, 2.75) is 52.4 Å². The normalized spacial score (nSPS) is 10.6. The molecule has 0 saturated heterocycles. The zero-order valence-corrected chi connectivity index (χ0v) is 11.7. The quantitative estimate of drug-likeness (QED) is 0.543. The van der Waals surface area contributed by atoms with Crippen LogP contribution in [-0.2, 0) is 0 Å². The third kappa shape index (κ3) is 4.86. The number of rotatable bonds is 8. The Morgan fingerprint density at radius 2 is 1.67 bits per heavy atom. The number of nitrogens with two attached hydrogens (primary N) is 2. The first kappa shape index (κ1) is 14.7. The molecule has 0 bridgehead atoms. The van der Waals surface area contributed by atoms with E-state index in [-0.39, 0.29) is 0 Å². The van der Waals surface area contributed by atoms with Gasteiger partial charge in [0.15, 0.2) is 0 Å². The number of ether oxygens (including phenoxy) is 1. The van der Waals surface area contributed by atoms with E-state index in [1.165, 1.54) is 32.1 Å². The molecule has 0 fully saturated rings. The van der Waals surface area contributed by atoms with Gasteiger partial charge in [0, 0.05) is 5.69 Å². The lowest BCUT2D eigenvalue weighted by molar-refractivity contribution is 0.304. The molecule has 0 unspecified atom stereocenters. The summed E-state index contributed by atoms with van der Waals surface area (Å²) in [5.41, 5.74) is 14.0. The summed E-state index contributed by atoms with van der Waals surface area (Å²) in [6.45, 7) is 4.94. The van der Waals surface area contributed by atoms with Gasteiger partial charge >= 0.3 is 0 Å². The van der Waals surface area contributed by atoms with Crippen LogP contribution in [0.4, 0.5) is 11.4 Å². The fraction of sp³-hybridized carbons (Fsp3) is 0.600. The summed E-state index contributed by atoms with van der Waals surface area (Å²) in [6.07, 6.45) is 7.58. The minimum atomic E-state index is 0.637. The van der Waals surface area contributed by atoms with Crippen LogP contribution in [0.15, 0.2) is 12.1 Å². The molecule has 102 valence electrons. The van der Waals surface area contributed by atoms with Gasteiger partial charge in [0.25, 0.3) is 0 Å². The van der Waals surface area contributed by atoms with Crippen molar-refractivity contribution < 1.29 is 4.74 Å². The molecule has 0 aliphatic heterocycles. The lowest BCUT2D eigenvalue weighted by atomic mass is 10.1. The van der Waals surface area contributed by atoms with Crippen molar-refractivity contribution in [3.05, 3.63) is 17.7 Å². The molecule has 0 spiro atoms. The molecule has 4 N–H and O–H groups in total. The Hall–Kier alpha value is -1.38. The SMILES string of the molecule is CCCCCCCCOc1c(C)cc(N)cc1N. The number of hydrogen-bond acceptors (Lipinski definition) is 3. The Morgan fingerprint density at radius 3 is 2.33 bits per heavy atom. The van der Waals surface area contributed by atoms with E-state index in [1.807, 2.05) is 13.0 Å². The summed E-state index contributed by atoms with van der Waals surface area (Å²) in [7, 11) is 0. The van der Waals surface area contributed by atoms with Crippen LogP contribution in [0.5, 0.6) is 5.75 Å². The highest BCUT2D eigenvalue weighted by atomic mass is 16.5. The molecule has 0 heterocycles. The molecule has 0 aromatic heterocycles. The van der Waals surface area contributed by atoms with Gasteiger partial charge in [-0.15, -0.1) is 0 Å². The Kier molecular flexibility index (Phi) is 6.40. The van der Waals surface area contributed by atoms with Crippen LogP contribution in [-0.4, -0.2) is 6.61 Å². The summed E-state index contributed by atoms with van der Waals surface area (Å²) in [5, 5.41) is 0. The Balaban J connectivity index is 2.27. The fourth-order valence-corrected chi connectivity index (χ4v) is 2.08. The van der Waals surface area contributed by atoms with Gasteiger partial charge in [-0.25, -0.2) is 0 Å². The summed E-state index contributed by atoms with van der Waals surface area (Å²) in [4.78, 5) is 0. The van der Waals surface area contributed by atoms with Crippen LogP contribution < -0.4 is 16.2 Å². The third-order valence-corrected chi connectivity index (χ3v) is 3.07. The van der Waals surface area contributed by atoms with Crippen molar-refractivity contribution in [3.8, 4) is 5.75 Å². The molecular weight excluding hydrogens is 224 g/mol. The van der Waals surface area contributed by atoms with Crippen molar-refractivity contribution in [1.82, 2.24) is 0 Å². The van der Waals surface area contributed by atoms with E-state index in [1.54, 1.807) is 6.07 Å². The highest BCUT2D eigenvalue weighted by molar-refractivity contribution is 5.64. The molecule has 0 aliphatic carbocycles. The smallest absolute Gasteiger partial charge is 0.145 e. The third-order valence-electron chi connectivity index (χ3n) is 3.07. The number of nitrogen functional groups attached to an aromatic ring is 2. The second kappa shape index (κ2) is 7.85. The zero-order chi connectivity index (χ0) is 13.4. The van der Waals surface area contributed by atoms with E-state index in [0.29, 0.717) is 11.4 Å². The molecule has 18 heavy (non-hydrogen) atoms. The Labute approximate surface area is 111 Å². The van der Waals surface area contributed by atoms with Gasteiger partial charge in [-0.2, -0.15) is 0 Å². The van der Waals surface area contributed by atoms with Gasteiger partial charge in [0.1, 0.15) is 5.75 Å². The van der Waals surface area contributed by atoms with Crippen LogP contribution in [0.3, 0.4) is 0 Å². The monoisotopic (exact) mass is 250 g/mol. The Bertz CT molecular complexity index is 341. The highest BCUT2D eigenvalue weighted by Crippen LogP contribution is 2.28. The average Bonchev–Trinajstić information content (AvgIpc) is 2.30. The molecule has 0 amide bonds. The number of hydrogen-bond donors (Lipinski definition) is 2. The van der Waals surface area contributed by atoms with E-state index in [4.69, 9.17) is 16.2 Å². The fourth-order valence-electron chi connectivity index (χ4n) is 2.08. The predicted molar refractivity (Wildman–Crippen MR) is 78.9 cm³/mol. The molecule has 1 aromatic carbocycles. The zero-order valence-electron chi connectivity index (χ0n) is 11.7. The predicted octanol–water partition coefficient (Wildman–Crippen LogP) is 3.90. The van der Waals surface area contributed by atoms with Crippen LogP contribution >= 0.6 is 0 Å². The Morgan fingerprint density at radius 1 is 1.00 bits per heavy atom. The maximum atomic E-state index is 5.90. The number of benzene rings is 1. The van der Waals surface area contributed by atoms with Crippen LogP contribution in [0, 0.1) is 6.92 Å². The number of unbranched alkanes of at least 4 members (excludes halogenated alkanes) is 5. The molecule has 3 heteroatoms. The minimum Gasteiger partial charge on any atom is -0.491 e. The molecule has 1 aromatic rings. The number of anilines is 2. The van der Waals surface area contributed by atoms with E-state index < -0.39 is 0 Å². The largest absolute Gasteiger partial charge is 0.491 e. The lowest BCUT2D eigenvalue weighted by Crippen LogP contribution is -2.03. The molecule has 0 aliphatic rings. The van der Waals surface area contributed by atoms with Gasteiger partial charge in [0.2, 0.25) is 0 Å². The lowest BCUT2D eigenvalue weighted by Gasteiger charge is -2.12. The van der Waals surface area contributed by atoms with E-state index in [0.717, 1.165) is 24.3 Å². The molecule has 1 rings (SSSR count). The second-order valence-electron chi connectivity index (χ2n) is 4.87. The highest BCUT2D eigenvalue weighted by Gasteiger charge is 2.05. The van der Waals surface area contributed by atoms with Crippen LogP contribution in [0.1, 0.15) is 51.0 Å². The molecule has 0 atom stereocenters. The molecular formula is C15H26N2O. The molecule has 3 nitrogen and oxygen atoms in total. The summed E-state index contributed by atoms with van der Waals surface area (Å²) in [5.74, 6) is 0.790.